The SMILES string of the molecule is O=CCC=Cc1ccc(Br)cn1. The second kappa shape index (κ2) is 4.83. The van der Waals surface area contributed by atoms with Gasteiger partial charge in [0.25, 0.3) is 0 Å². The predicted molar refractivity (Wildman–Crippen MR) is 51.7 cm³/mol. The van der Waals surface area contributed by atoms with Gasteiger partial charge in [-0.15, -0.1) is 0 Å². The molecule has 1 aromatic rings. The molecule has 1 heterocycles. The van der Waals surface area contributed by atoms with Gasteiger partial charge in [-0.25, -0.2) is 0 Å². The second-order valence-electron chi connectivity index (χ2n) is 2.21. The van der Waals surface area contributed by atoms with Gasteiger partial charge in [-0.05, 0) is 34.1 Å². The third-order valence-corrected chi connectivity index (χ3v) is 1.74. The summed E-state index contributed by atoms with van der Waals surface area (Å²) in [6, 6.07) is 3.79. The first-order valence-corrected chi connectivity index (χ1v) is 4.34. The number of hydrogen-bond acceptors (Lipinski definition) is 2. The first-order chi connectivity index (χ1) is 5.83. The topological polar surface area (TPSA) is 30.0 Å². The Morgan fingerprint density at radius 2 is 2.33 bits per heavy atom. The number of halogens is 1. The summed E-state index contributed by atoms with van der Waals surface area (Å²) in [5.74, 6) is 0. The molecule has 0 spiro atoms. The zero-order valence-electron chi connectivity index (χ0n) is 6.40. The molecule has 2 nitrogen and oxygen atoms in total. The molecule has 0 amide bonds. The van der Waals surface area contributed by atoms with E-state index in [1.165, 1.54) is 0 Å². The Bertz CT molecular complexity index is 279. The molecule has 0 saturated carbocycles. The minimum absolute atomic E-state index is 0.442. The van der Waals surface area contributed by atoms with Crippen LogP contribution in [0, 0.1) is 0 Å². The Morgan fingerprint density at radius 1 is 1.50 bits per heavy atom. The van der Waals surface area contributed by atoms with Crippen LogP contribution in [0.25, 0.3) is 6.08 Å². The number of hydrogen-bond donors (Lipinski definition) is 0. The normalized spacial score (nSPS) is 10.4. The van der Waals surface area contributed by atoms with Gasteiger partial charge in [0, 0.05) is 17.1 Å². The fraction of sp³-hybridized carbons (Fsp3) is 0.111. The molecule has 0 N–H and O–H groups in total. The summed E-state index contributed by atoms with van der Waals surface area (Å²) in [7, 11) is 0. The number of allylic oxidation sites excluding steroid dienone is 1. The van der Waals surface area contributed by atoms with E-state index in [0.717, 1.165) is 16.5 Å². The third kappa shape index (κ3) is 2.96. The number of aldehydes is 1. The van der Waals surface area contributed by atoms with Crippen LogP contribution in [0.1, 0.15) is 12.1 Å². The van der Waals surface area contributed by atoms with E-state index in [-0.39, 0.29) is 0 Å². The van der Waals surface area contributed by atoms with Gasteiger partial charge in [0.1, 0.15) is 6.29 Å². The van der Waals surface area contributed by atoms with Crippen molar-refractivity contribution < 1.29 is 4.79 Å². The average Bonchev–Trinajstić information content (AvgIpc) is 2.09. The molecule has 3 heteroatoms. The summed E-state index contributed by atoms with van der Waals surface area (Å²) in [6.45, 7) is 0. The Hall–Kier alpha value is -0.960. The van der Waals surface area contributed by atoms with Gasteiger partial charge < -0.3 is 4.79 Å². The summed E-state index contributed by atoms with van der Waals surface area (Å²) in [5.41, 5.74) is 0.861. The second-order valence-corrected chi connectivity index (χ2v) is 3.12. The van der Waals surface area contributed by atoms with Gasteiger partial charge >= 0.3 is 0 Å². The molecule has 0 bridgehead atoms. The van der Waals surface area contributed by atoms with Gasteiger partial charge in [0.15, 0.2) is 0 Å². The van der Waals surface area contributed by atoms with Crippen molar-refractivity contribution in [1.82, 2.24) is 4.98 Å². The van der Waals surface area contributed by atoms with Gasteiger partial charge in [0.2, 0.25) is 0 Å². The molecule has 0 aromatic carbocycles. The van der Waals surface area contributed by atoms with E-state index >= 15 is 0 Å². The van der Waals surface area contributed by atoms with E-state index in [1.54, 1.807) is 12.3 Å². The van der Waals surface area contributed by atoms with Crippen molar-refractivity contribution in [2.75, 3.05) is 0 Å². The van der Waals surface area contributed by atoms with Crippen molar-refractivity contribution in [2.45, 2.75) is 6.42 Å². The fourth-order valence-corrected chi connectivity index (χ4v) is 0.965. The number of rotatable bonds is 3. The third-order valence-electron chi connectivity index (χ3n) is 1.27. The zero-order chi connectivity index (χ0) is 8.81. The highest BCUT2D eigenvalue weighted by atomic mass is 79.9. The van der Waals surface area contributed by atoms with Gasteiger partial charge in [-0.3, -0.25) is 4.98 Å². The van der Waals surface area contributed by atoms with Crippen LogP contribution in [0.4, 0.5) is 0 Å². The Balaban J connectivity index is 2.64. The van der Waals surface area contributed by atoms with Crippen LogP contribution in [-0.2, 0) is 4.79 Å². The van der Waals surface area contributed by atoms with E-state index in [9.17, 15) is 4.79 Å². The first kappa shape index (κ1) is 9.13. The van der Waals surface area contributed by atoms with Crippen molar-refractivity contribution in [2.24, 2.45) is 0 Å². The lowest BCUT2D eigenvalue weighted by Crippen LogP contribution is -1.78. The molecular formula is C9H8BrNO. The van der Waals surface area contributed by atoms with Crippen molar-refractivity contribution >= 4 is 28.3 Å². The molecular weight excluding hydrogens is 218 g/mol. The Labute approximate surface area is 79.5 Å². The van der Waals surface area contributed by atoms with Gasteiger partial charge in [-0.1, -0.05) is 6.08 Å². The lowest BCUT2D eigenvalue weighted by atomic mass is 10.3. The van der Waals surface area contributed by atoms with Crippen LogP contribution >= 0.6 is 15.9 Å². The number of pyridine rings is 1. The van der Waals surface area contributed by atoms with Crippen molar-refractivity contribution in [3.05, 3.63) is 34.6 Å². The lowest BCUT2D eigenvalue weighted by molar-refractivity contribution is -0.107. The summed E-state index contributed by atoms with van der Waals surface area (Å²) in [5, 5.41) is 0. The summed E-state index contributed by atoms with van der Waals surface area (Å²) >= 11 is 3.28. The summed E-state index contributed by atoms with van der Waals surface area (Å²) < 4.78 is 0.954. The maximum Gasteiger partial charge on any atom is 0.123 e. The Morgan fingerprint density at radius 3 is 2.92 bits per heavy atom. The monoisotopic (exact) mass is 225 g/mol. The van der Waals surface area contributed by atoms with Crippen LogP contribution in [0.2, 0.25) is 0 Å². The van der Waals surface area contributed by atoms with Crippen LogP contribution < -0.4 is 0 Å². The smallest absolute Gasteiger partial charge is 0.123 e. The maximum atomic E-state index is 9.97. The predicted octanol–water partition coefficient (Wildman–Crippen LogP) is 2.45. The molecule has 0 aliphatic heterocycles. The van der Waals surface area contributed by atoms with E-state index in [4.69, 9.17) is 0 Å². The van der Waals surface area contributed by atoms with Crippen LogP contribution in [-0.4, -0.2) is 11.3 Å². The molecule has 1 rings (SSSR count). The van der Waals surface area contributed by atoms with Crippen molar-refractivity contribution in [3.63, 3.8) is 0 Å². The van der Waals surface area contributed by atoms with E-state index in [2.05, 4.69) is 20.9 Å². The van der Waals surface area contributed by atoms with E-state index in [1.807, 2.05) is 18.2 Å². The molecule has 0 fully saturated rings. The molecule has 0 unspecified atom stereocenters. The number of carbonyl (C=O) groups is 1. The first-order valence-electron chi connectivity index (χ1n) is 3.54. The number of carbonyl (C=O) groups excluding carboxylic acids is 1. The molecule has 1 aromatic heterocycles. The molecule has 12 heavy (non-hydrogen) atoms. The van der Waals surface area contributed by atoms with Gasteiger partial charge in [0.05, 0.1) is 5.69 Å². The summed E-state index contributed by atoms with van der Waals surface area (Å²) in [6.07, 6.45) is 6.62. The number of aromatic nitrogens is 1. The lowest BCUT2D eigenvalue weighted by Gasteiger charge is -1.91. The maximum absolute atomic E-state index is 9.97. The minimum Gasteiger partial charge on any atom is -0.303 e. The summed E-state index contributed by atoms with van der Waals surface area (Å²) in [4.78, 5) is 14.1. The fourth-order valence-electron chi connectivity index (χ4n) is 0.730. The largest absolute Gasteiger partial charge is 0.303 e. The highest BCUT2D eigenvalue weighted by Gasteiger charge is 1.87. The van der Waals surface area contributed by atoms with Crippen LogP contribution in [0.5, 0.6) is 0 Å². The molecule has 0 saturated heterocycles. The highest BCUT2D eigenvalue weighted by Crippen LogP contribution is 2.08. The average molecular weight is 226 g/mol. The van der Waals surface area contributed by atoms with E-state index in [0.29, 0.717) is 6.42 Å². The van der Waals surface area contributed by atoms with Gasteiger partial charge in [-0.2, -0.15) is 0 Å². The standard InChI is InChI=1S/C9H8BrNO/c10-8-4-5-9(11-7-8)3-1-2-6-12/h1,3-7H,2H2. The van der Waals surface area contributed by atoms with E-state index < -0.39 is 0 Å². The van der Waals surface area contributed by atoms with Crippen molar-refractivity contribution in [3.8, 4) is 0 Å². The molecule has 0 radical (unpaired) electrons. The zero-order valence-corrected chi connectivity index (χ0v) is 7.99. The van der Waals surface area contributed by atoms with Crippen molar-refractivity contribution in [1.29, 1.82) is 0 Å². The molecule has 0 aliphatic rings. The quantitative estimate of drug-likeness (QED) is 0.741. The Kier molecular flexibility index (Phi) is 3.67. The van der Waals surface area contributed by atoms with Crippen LogP contribution in [0.3, 0.4) is 0 Å². The van der Waals surface area contributed by atoms with Crippen LogP contribution in [0.15, 0.2) is 28.9 Å². The molecule has 62 valence electrons. The molecule has 0 aliphatic carbocycles. The number of nitrogens with zero attached hydrogens (tertiary/aromatic N) is 1. The minimum atomic E-state index is 0.442. The molecule has 0 atom stereocenters. The highest BCUT2D eigenvalue weighted by molar-refractivity contribution is 9.10.